The first kappa shape index (κ1) is 18.8. The van der Waals surface area contributed by atoms with Crippen LogP contribution in [0.3, 0.4) is 0 Å². The molecule has 0 radical (unpaired) electrons. The van der Waals surface area contributed by atoms with E-state index in [0.29, 0.717) is 24.7 Å². The predicted octanol–water partition coefficient (Wildman–Crippen LogP) is 4.47. The van der Waals surface area contributed by atoms with Gasteiger partial charge in [0.15, 0.2) is 0 Å². The molecule has 140 valence electrons. The summed E-state index contributed by atoms with van der Waals surface area (Å²) in [5, 5.41) is 8.88. The van der Waals surface area contributed by atoms with E-state index >= 15 is 0 Å². The summed E-state index contributed by atoms with van der Waals surface area (Å²) in [5.41, 5.74) is 2.83. The van der Waals surface area contributed by atoms with Gasteiger partial charge in [0.25, 0.3) is 0 Å². The van der Waals surface area contributed by atoms with Crippen molar-refractivity contribution in [3.63, 3.8) is 0 Å². The molecule has 1 amide bonds. The summed E-state index contributed by atoms with van der Waals surface area (Å²) in [4.78, 5) is 13.5. The lowest BCUT2D eigenvalue weighted by Crippen LogP contribution is -2.40. The molecule has 1 fully saturated rings. The van der Waals surface area contributed by atoms with Crippen LogP contribution in [0.1, 0.15) is 25.3 Å². The van der Waals surface area contributed by atoms with Gasteiger partial charge in [0.1, 0.15) is 5.75 Å². The van der Waals surface area contributed by atoms with E-state index in [1.54, 1.807) is 4.90 Å². The van der Waals surface area contributed by atoms with Gasteiger partial charge < -0.3 is 14.4 Å². The number of rotatable bonds is 5. The highest BCUT2D eigenvalue weighted by molar-refractivity contribution is 5.67. The summed E-state index contributed by atoms with van der Waals surface area (Å²) in [6, 6.07) is 17.7. The maximum Gasteiger partial charge on any atom is 0.409 e. The molecule has 1 heterocycles. The average Bonchev–Trinajstić information content (AvgIpc) is 2.73. The lowest BCUT2D eigenvalue weighted by molar-refractivity contribution is 0.0845. The van der Waals surface area contributed by atoms with Gasteiger partial charge in [0.05, 0.1) is 24.8 Å². The molecule has 0 spiro atoms. The molecule has 27 heavy (non-hydrogen) atoms. The molecule has 1 aliphatic heterocycles. The van der Waals surface area contributed by atoms with Crippen molar-refractivity contribution >= 4 is 6.09 Å². The maximum atomic E-state index is 11.7. The second-order valence-corrected chi connectivity index (χ2v) is 6.65. The van der Waals surface area contributed by atoms with Crippen molar-refractivity contribution in [1.29, 1.82) is 5.26 Å². The minimum absolute atomic E-state index is 0.213. The molecular formula is C22H24N2O3. The van der Waals surface area contributed by atoms with Gasteiger partial charge in [-0.25, -0.2) is 4.79 Å². The van der Waals surface area contributed by atoms with Crippen LogP contribution in [0.4, 0.5) is 4.79 Å². The Balaban J connectivity index is 1.48. The lowest BCUT2D eigenvalue weighted by atomic mass is 9.98. The minimum Gasteiger partial charge on any atom is -0.493 e. The zero-order valence-corrected chi connectivity index (χ0v) is 15.6. The number of carbonyl (C=O) groups is 1. The summed E-state index contributed by atoms with van der Waals surface area (Å²) in [6.45, 7) is 4.35. The van der Waals surface area contributed by atoms with E-state index in [9.17, 15) is 4.79 Å². The molecule has 0 N–H and O–H groups in total. The molecule has 5 nitrogen and oxygen atoms in total. The topological polar surface area (TPSA) is 62.6 Å². The normalized spacial score (nSPS) is 14.4. The summed E-state index contributed by atoms with van der Waals surface area (Å²) >= 11 is 0. The molecule has 5 heteroatoms. The van der Waals surface area contributed by atoms with E-state index in [4.69, 9.17) is 14.7 Å². The minimum atomic E-state index is -0.213. The largest absolute Gasteiger partial charge is 0.493 e. The van der Waals surface area contributed by atoms with Crippen LogP contribution in [-0.4, -0.2) is 37.3 Å². The van der Waals surface area contributed by atoms with Crippen LogP contribution in [0.2, 0.25) is 0 Å². The van der Waals surface area contributed by atoms with Crippen molar-refractivity contribution in [2.75, 3.05) is 26.3 Å². The summed E-state index contributed by atoms with van der Waals surface area (Å²) in [6.07, 6.45) is 1.65. The number of nitrogens with zero attached hydrogens (tertiary/aromatic N) is 2. The van der Waals surface area contributed by atoms with Gasteiger partial charge in [-0.1, -0.05) is 24.3 Å². The molecule has 0 saturated carbocycles. The van der Waals surface area contributed by atoms with Crippen LogP contribution in [0.15, 0.2) is 48.5 Å². The van der Waals surface area contributed by atoms with Gasteiger partial charge in [-0.15, -0.1) is 0 Å². The quantitative estimate of drug-likeness (QED) is 0.785. The highest BCUT2D eigenvalue weighted by Gasteiger charge is 2.23. The molecular weight excluding hydrogens is 340 g/mol. The van der Waals surface area contributed by atoms with Gasteiger partial charge in [-0.2, -0.15) is 5.26 Å². The number of ether oxygens (including phenoxy) is 2. The van der Waals surface area contributed by atoms with E-state index in [1.165, 1.54) is 0 Å². The monoisotopic (exact) mass is 364 g/mol. The van der Waals surface area contributed by atoms with Gasteiger partial charge in [-0.3, -0.25) is 0 Å². The Labute approximate surface area is 160 Å². The number of likely N-dealkylation sites (tertiary alicyclic amines) is 1. The van der Waals surface area contributed by atoms with Gasteiger partial charge in [0.2, 0.25) is 0 Å². The molecule has 3 rings (SSSR count). The van der Waals surface area contributed by atoms with Crippen LogP contribution in [0.25, 0.3) is 11.1 Å². The van der Waals surface area contributed by atoms with Crippen molar-refractivity contribution < 1.29 is 14.3 Å². The SMILES string of the molecule is CCOC(=O)N1CCC(COc2ccc(-c3ccc(C#N)cc3)cc2)CC1. The molecule has 0 atom stereocenters. The Hall–Kier alpha value is -3.00. The van der Waals surface area contributed by atoms with Gasteiger partial charge >= 0.3 is 6.09 Å². The van der Waals surface area contributed by atoms with Crippen LogP contribution in [0.5, 0.6) is 5.75 Å². The van der Waals surface area contributed by atoms with Crippen LogP contribution < -0.4 is 4.74 Å². The smallest absolute Gasteiger partial charge is 0.409 e. The number of carbonyl (C=O) groups excluding carboxylic acids is 1. The number of hydrogen-bond donors (Lipinski definition) is 0. The first-order valence-electron chi connectivity index (χ1n) is 9.34. The Morgan fingerprint density at radius 3 is 2.22 bits per heavy atom. The number of hydrogen-bond acceptors (Lipinski definition) is 4. The zero-order chi connectivity index (χ0) is 19.1. The predicted molar refractivity (Wildman–Crippen MR) is 103 cm³/mol. The van der Waals surface area contributed by atoms with Gasteiger partial charge in [-0.05, 0) is 61.1 Å². The summed E-state index contributed by atoms with van der Waals surface area (Å²) in [5.74, 6) is 1.30. The number of nitriles is 1. The second-order valence-electron chi connectivity index (χ2n) is 6.65. The van der Waals surface area contributed by atoms with Crippen molar-refractivity contribution in [2.45, 2.75) is 19.8 Å². The average molecular weight is 364 g/mol. The molecule has 0 aliphatic carbocycles. The van der Waals surface area contributed by atoms with E-state index < -0.39 is 0 Å². The summed E-state index contributed by atoms with van der Waals surface area (Å²) < 4.78 is 11.0. The third-order valence-electron chi connectivity index (χ3n) is 4.83. The Kier molecular flexibility index (Phi) is 6.32. The highest BCUT2D eigenvalue weighted by Crippen LogP contribution is 2.24. The first-order valence-corrected chi connectivity index (χ1v) is 9.34. The molecule has 0 aromatic heterocycles. The number of benzene rings is 2. The Bertz CT molecular complexity index is 786. The van der Waals surface area contributed by atoms with E-state index in [1.807, 2.05) is 55.5 Å². The molecule has 1 saturated heterocycles. The van der Waals surface area contributed by atoms with Gasteiger partial charge in [0, 0.05) is 13.1 Å². The molecule has 0 unspecified atom stereocenters. The first-order chi connectivity index (χ1) is 13.2. The highest BCUT2D eigenvalue weighted by atomic mass is 16.6. The summed E-state index contributed by atoms with van der Waals surface area (Å²) in [7, 11) is 0. The molecule has 2 aromatic rings. The van der Waals surface area contributed by atoms with Crippen molar-refractivity contribution in [1.82, 2.24) is 4.90 Å². The Morgan fingerprint density at radius 1 is 1.07 bits per heavy atom. The van der Waals surface area contributed by atoms with E-state index in [-0.39, 0.29) is 6.09 Å². The molecule has 2 aromatic carbocycles. The van der Waals surface area contributed by atoms with Crippen LogP contribution in [-0.2, 0) is 4.74 Å². The standard InChI is InChI=1S/C22H24N2O3/c1-2-26-22(25)24-13-11-18(12-14-24)16-27-21-9-7-20(8-10-21)19-5-3-17(15-23)4-6-19/h3-10,18H,2,11-14,16H2,1H3. The fourth-order valence-corrected chi connectivity index (χ4v) is 3.19. The lowest BCUT2D eigenvalue weighted by Gasteiger charge is -2.31. The second kappa shape index (κ2) is 9.09. The number of piperidine rings is 1. The number of amides is 1. The third-order valence-corrected chi connectivity index (χ3v) is 4.83. The zero-order valence-electron chi connectivity index (χ0n) is 15.6. The fraction of sp³-hybridized carbons (Fsp3) is 0.364. The van der Waals surface area contributed by atoms with Crippen LogP contribution in [0, 0.1) is 17.2 Å². The fourth-order valence-electron chi connectivity index (χ4n) is 3.19. The van der Waals surface area contributed by atoms with Crippen molar-refractivity contribution in [3.8, 4) is 22.9 Å². The molecule has 0 bridgehead atoms. The molecule has 1 aliphatic rings. The maximum absolute atomic E-state index is 11.7. The van der Waals surface area contributed by atoms with E-state index in [2.05, 4.69) is 6.07 Å². The van der Waals surface area contributed by atoms with Crippen molar-refractivity contribution in [3.05, 3.63) is 54.1 Å². The van der Waals surface area contributed by atoms with E-state index in [0.717, 1.165) is 42.8 Å². The third kappa shape index (κ3) is 5.01. The van der Waals surface area contributed by atoms with Crippen LogP contribution >= 0.6 is 0 Å². The Morgan fingerprint density at radius 2 is 1.67 bits per heavy atom. The van der Waals surface area contributed by atoms with Crippen molar-refractivity contribution in [2.24, 2.45) is 5.92 Å².